The maximum absolute atomic E-state index is 4.06. The third-order valence-electron chi connectivity index (χ3n) is 2.47. The van der Waals surface area contributed by atoms with Crippen molar-refractivity contribution >= 4 is 11.5 Å². The summed E-state index contributed by atoms with van der Waals surface area (Å²) in [6.45, 7) is 0.779. The van der Waals surface area contributed by atoms with Gasteiger partial charge in [0.05, 0.1) is 12.4 Å². The van der Waals surface area contributed by atoms with E-state index in [2.05, 4.69) is 41.0 Å². The lowest BCUT2D eigenvalue weighted by atomic mass is 10.3. The molecule has 0 aromatic carbocycles. The summed E-state index contributed by atoms with van der Waals surface area (Å²) in [6, 6.07) is 0. The topological polar surface area (TPSA) is 110 Å². The number of nitrogens with zero attached hydrogens (tertiary/aromatic N) is 7. The lowest BCUT2D eigenvalue weighted by Crippen LogP contribution is -2.08. The maximum atomic E-state index is 4.06. The first kappa shape index (κ1) is 10.6. The van der Waals surface area contributed by atoms with Gasteiger partial charge in [0.25, 0.3) is 0 Å². The minimum Gasteiger partial charge on any atom is -0.369 e. The lowest BCUT2D eigenvalue weighted by Gasteiger charge is -2.05. The molecule has 0 aliphatic rings. The first-order valence-electron chi connectivity index (χ1n) is 5.54. The summed E-state index contributed by atoms with van der Waals surface area (Å²) < 4.78 is 1.61. The quantitative estimate of drug-likeness (QED) is 0.593. The molecule has 92 valence electrons. The second kappa shape index (κ2) is 4.73. The van der Waals surface area contributed by atoms with E-state index in [0.29, 0.717) is 5.65 Å². The van der Waals surface area contributed by atoms with Gasteiger partial charge >= 0.3 is 0 Å². The molecule has 0 bridgehead atoms. The van der Waals surface area contributed by atoms with Crippen LogP contribution in [-0.4, -0.2) is 46.8 Å². The molecule has 18 heavy (non-hydrogen) atoms. The number of tetrazole rings is 1. The van der Waals surface area contributed by atoms with Crippen molar-refractivity contribution in [3.05, 3.63) is 24.5 Å². The lowest BCUT2D eigenvalue weighted by molar-refractivity contribution is 0.785. The first-order chi connectivity index (χ1) is 8.93. The van der Waals surface area contributed by atoms with E-state index in [9.17, 15) is 0 Å². The molecule has 3 rings (SSSR count). The van der Waals surface area contributed by atoms with E-state index in [0.717, 1.165) is 31.0 Å². The molecule has 3 aromatic rings. The largest absolute Gasteiger partial charge is 0.369 e. The molecule has 0 amide bonds. The Kier molecular flexibility index (Phi) is 2.78. The van der Waals surface area contributed by atoms with Crippen LogP contribution in [0.15, 0.2) is 18.7 Å². The van der Waals surface area contributed by atoms with E-state index >= 15 is 0 Å². The Morgan fingerprint density at radius 3 is 3.22 bits per heavy atom. The number of aromatic nitrogens is 8. The Morgan fingerprint density at radius 2 is 2.33 bits per heavy atom. The van der Waals surface area contributed by atoms with Crippen LogP contribution in [0.4, 0.5) is 5.82 Å². The standard InChI is InChI=1S/C9H11N9/c1(2-7-12-6-13-14-7)3-11-8-4-10-5-9-15-16-17-18(8)9/h4-6,11H,1-3H2,(H,12,13,14). The summed E-state index contributed by atoms with van der Waals surface area (Å²) in [5.74, 6) is 1.66. The number of anilines is 1. The molecule has 0 aliphatic carbocycles. The van der Waals surface area contributed by atoms with E-state index in [1.54, 1.807) is 16.9 Å². The molecule has 2 N–H and O–H groups in total. The molecule has 0 unspecified atom stereocenters. The van der Waals surface area contributed by atoms with Gasteiger partial charge in [-0.1, -0.05) is 0 Å². The number of fused-ring (bicyclic) bond motifs is 1. The van der Waals surface area contributed by atoms with E-state index in [-0.39, 0.29) is 0 Å². The molecule has 0 fully saturated rings. The smallest absolute Gasteiger partial charge is 0.199 e. The summed E-state index contributed by atoms with van der Waals surface area (Å²) in [6.07, 6.45) is 6.58. The van der Waals surface area contributed by atoms with Gasteiger partial charge < -0.3 is 5.32 Å². The molecule has 9 nitrogen and oxygen atoms in total. The molecule has 9 heteroatoms. The van der Waals surface area contributed by atoms with Crippen LogP contribution in [0.1, 0.15) is 12.2 Å². The van der Waals surface area contributed by atoms with Gasteiger partial charge in [0.15, 0.2) is 5.65 Å². The third-order valence-corrected chi connectivity index (χ3v) is 2.47. The third kappa shape index (κ3) is 2.10. The highest BCUT2D eigenvalue weighted by Gasteiger charge is 2.03. The number of hydrogen-bond acceptors (Lipinski definition) is 7. The number of nitrogens with one attached hydrogen (secondary N) is 2. The summed E-state index contributed by atoms with van der Waals surface area (Å²) in [5.41, 5.74) is 0.621. The highest BCUT2D eigenvalue weighted by Crippen LogP contribution is 2.05. The van der Waals surface area contributed by atoms with E-state index in [4.69, 9.17) is 0 Å². The normalized spacial score (nSPS) is 10.9. The second-order valence-electron chi connectivity index (χ2n) is 3.70. The van der Waals surface area contributed by atoms with E-state index in [1.165, 1.54) is 6.33 Å². The molecule has 0 atom stereocenters. The van der Waals surface area contributed by atoms with Crippen molar-refractivity contribution in [1.29, 1.82) is 0 Å². The number of aryl methyl sites for hydroxylation is 1. The van der Waals surface area contributed by atoms with Crippen LogP contribution in [0.25, 0.3) is 5.65 Å². The molecular formula is C9H11N9. The monoisotopic (exact) mass is 245 g/mol. The average Bonchev–Trinajstić information content (AvgIpc) is 3.05. The first-order valence-corrected chi connectivity index (χ1v) is 5.54. The van der Waals surface area contributed by atoms with Crippen molar-refractivity contribution in [3.8, 4) is 0 Å². The number of H-pyrrole nitrogens is 1. The Morgan fingerprint density at radius 1 is 1.33 bits per heavy atom. The van der Waals surface area contributed by atoms with Gasteiger partial charge in [-0.3, -0.25) is 10.1 Å². The van der Waals surface area contributed by atoms with Gasteiger partial charge in [0, 0.05) is 13.0 Å². The fourth-order valence-corrected chi connectivity index (χ4v) is 1.62. The van der Waals surface area contributed by atoms with Crippen molar-refractivity contribution in [3.63, 3.8) is 0 Å². The van der Waals surface area contributed by atoms with Crippen LogP contribution in [0.5, 0.6) is 0 Å². The van der Waals surface area contributed by atoms with Gasteiger partial charge in [-0.25, -0.2) is 4.98 Å². The van der Waals surface area contributed by atoms with Crippen LogP contribution in [0.3, 0.4) is 0 Å². The molecule has 0 saturated carbocycles. The Hall–Kier alpha value is -2.58. The molecule has 0 aliphatic heterocycles. The van der Waals surface area contributed by atoms with Gasteiger partial charge in [-0.15, -0.1) is 5.10 Å². The molecule has 0 spiro atoms. The zero-order valence-corrected chi connectivity index (χ0v) is 9.48. The number of aromatic amines is 1. The van der Waals surface area contributed by atoms with Crippen molar-refractivity contribution in [1.82, 2.24) is 40.2 Å². The van der Waals surface area contributed by atoms with Crippen molar-refractivity contribution in [2.45, 2.75) is 12.8 Å². The highest BCUT2D eigenvalue weighted by molar-refractivity contribution is 5.43. The summed E-state index contributed by atoms with van der Waals surface area (Å²) in [4.78, 5) is 8.12. The Bertz CT molecular complexity index is 614. The van der Waals surface area contributed by atoms with Crippen LogP contribution >= 0.6 is 0 Å². The van der Waals surface area contributed by atoms with E-state index in [1.807, 2.05) is 0 Å². The van der Waals surface area contributed by atoms with Crippen LogP contribution in [0.2, 0.25) is 0 Å². The summed E-state index contributed by atoms with van der Waals surface area (Å²) >= 11 is 0. The number of hydrogen-bond donors (Lipinski definition) is 2. The fraction of sp³-hybridized carbons (Fsp3) is 0.333. The van der Waals surface area contributed by atoms with Crippen molar-refractivity contribution in [2.24, 2.45) is 0 Å². The van der Waals surface area contributed by atoms with Gasteiger partial charge in [-0.2, -0.15) is 9.61 Å². The summed E-state index contributed by atoms with van der Waals surface area (Å²) in [7, 11) is 0. The molecule has 0 radical (unpaired) electrons. The van der Waals surface area contributed by atoms with Crippen molar-refractivity contribution < 1.29 is 0 Å². The SMILES string of the molecule is c1n[nH]c(CCCNc2cncc3nnnn23)n1. The molecular weight excluding hydrogens is 234 g/mol. The zero-order valence-electron chi connectivity index (χ0n) is 9.48. The van der Waals surface area contributed by atoms with Crippen LogP contribution in [0, 0.1) is 0 Å². The summed E-state index contributed by atoms with van der Waals surface area (Å²) in [5, 5.41) is 21.1. The average molecular weight is 245 g/mol. The molecule has 3 heterocycles. The zero-order chi connectivity index (χ0) is 12.2. The van der Waals surface area contributed by atoms with Crippen molar-refractivity contribution in [2.75, 3.05) is 11.9 Å². The predicted molar refractivity (Wildman–Crippen MR) is 61.8 cm³/mol. The minimum atomic E-state index is 0.621. The second-order valence-corrected chi connectivity index (χ2v) is 3.70. The highest BCUT2D eigenvalue weighted by atomic mass is 15.5. The Balaban J connectivity index is 1.58. The minimum absolute atomic E-state index is 0.621. The maximum Gasteiger partial charge on any atom is 0.199 e. The van der Waals surface area contributed by atoms with Gasteiger partial charge in [0.1, 0.15) is 18.0 Å². The van der Waals surface area contributed by atoms with Gasteiger partial charge in [-0.05, 0) is 16.8 Å². The Labute approximate surface area is 102 Å². The van der Waals surface area contributed by atoms with Crippen LogP contribution < -0.4 is 5.32 Å². The predicted octanol–water partition coefficient (Wildman–Crippen LogP) is -0.318. The fourth-order valence-electron chi connectivity index (χ4n) is 1.62. The molecule has 0 saturated heterocycles. The molecule has 3 aromatic heterocycles. The van der Waals surface area contributed by atoms with Crippen LogP contribution in [-0.2, 0) is 6.42 Å². The van der Waals surface area contributed by atoms with Gasteiger partial charge in [0.2, 0.25) is 0 Å². The number of rotatable bonds is 5. The van der Waals surface area contributed by atoms with E-state index < -0.39 is 0 Å².